The maximum Gasteiger partial charge on any atom is 0.220 e. The molecule has 1 atom stereocenters. The summed E-state index contributed by atoms with van der Waals surface area (Å²) < 4.78 is 6.03. The van der Waals surface area contributed by atoms with E-state index in [2.05, 4.69) is 10.3 Å². The minimum absolute atomic E-state index is 0.0707. The lowest BCUT2D eigenvalue weighted by Gasteiger charge is -2.32. The van der Waals surface area contributed by atoms with Crippen LogP contribution in [0, 0.1) is 0 Å². The zero-order valence-electron chi connectivity index (χ0n) is 12.5. The smallest absolute Gasteiger partial charge is 0.220 e. The Morgan fingerprint density at radius 3 is 2.81 bits per heavy atom. The van der Waals surface area contributed by atoms with Gasteiger partial charge in [0, 0.05) is 18.8 Å². The number of carbonyl (C=O) groups is 1. The van der Waals surface area contributed by atoms with Gasteiger partial charge in [0.05, 0.1) is 18.2 Å². The highest BCUT2D eigenvalue weighted by Gasteiger charge is 2.41. The highest BCUT2D eigenvalue weighted by Crippen LogP contribution is 2.39. The lowest BCUT2D eigenvalue weighted by molar-refractivity contribution is -0.121. The van der Waals surface area contributed by atoms with E-state index in [-0.39, 0.29) is 17.6 Å². The molecule has 1 aromatic heterocycles. The van der Waals surface area contributed by atoms with Gasteiger partial charge in [-0.3, -0.25) is 9.78 Å². The van der Waals surface area contributed by atoms with Crippen molar-refractivity contribution in [1.29, 1.82) is 0 Å². The minimum atomic E-state index is 0.0707. The van der Waals surface area contributed by atoms with Crippen molar-refractivity contribution in [3.63, 3.8) is 0 Å². The zero-order valence-corrected chi connectivity index (χ0v) is 12.5. The third-order valence-corrected chi connectivity index (χ3v) is 4.73. The zero-order chi connectivity index (χ0) is 14.5. The van der Waals surface area contributed by atoms with Crippen molar-refractivity contribution in [2.75, 3.05) is 6.61 Å². The molecule has 1 unspecified atom stereocenters. The Morgan fingerprint density at radius 1 is 1.29 bits per heavy atom. The Kier molecular flexibility index (Phi) is 4.54. The molecular weight excluding hydrogens is 264 g/mol. The lowest BCUT2D eigenvalue weighted by atomic mass is 9.82. The van der Waals surface area contributed by atoms with Gasteiger partial charge in [-0.15, -0.1) is 0 Å². The summed E-state index contributed by atoms with van der Waals surface area (Å²) in [5.41, 5.74) is 1.23. The highest BCUT2D eigenvalue weighted by atomic mass is 16.5. The molecule has 2 heterocycles. The number of pyridine rings is 1. The topological polar surface area (TPSA) is 51.2 Å². The van der Waals surface area contributed by atoms with Gasteiger partial charge in [0.1, 0.15) is 0 Å². The average Bonchev–Trinajstić information content (AvgIpc) is 2.89. The molecule has 4 heteroatoms. The molecule has 2 aliphatic rings. The number of hydrogen-bond acceptors (Lipinski definition) is 3. The van der Waals surface area contributed by atoms with Gasteiger partial charge in [-0.05, 0) is 43.4 Å². The molecule has 1 spiro atoms. The molecule has 0 radical (unpaired) electrons. The van der Waals surface area contributed by atoms with Crippen molar-refractivity contribution in [1.82, 2.24) is 10.3 Å². The molecule has 1 N–H and O–H groups in total. The predicted octanol–water partition coefficient (Wildman–Crippen LogP) is 2.62. The molecule has 0 bridgehead atoms. The van der Waals surface area contributed by atoms with Gasteiger partial charge >= 0.3 is 0 Å². The number of aromatic nitrogens is 1. The molecule has 1 aliphatic heterocycles. The van der Waals surface area contributed by atoms with Gasteiger partial charge in [0.2, 0.25) is 5.91 Å². The van der Waals surface area contributed by atoms with E-state index in [9.17, 15) is 4.79 Å². The number of ether oxygens (including phenoxy) is 1. The Balaban J connectivity index is 1.43. The van der Waals surface area contributed by atoms with Gasteiger partial charge in [-0.25, -0.2) is 0 Å². The Bertz CT molecular complexity index is 469. The van der Waals surface area contributed by atoms with Gasteiger partial charge < -0.3 is 10.1 Å². The van der Waals surface area contributed by atoms with E-state index in [0.717, 1.165) is 31.2 Å². The Hall–Kier alpha value is -1.42. The van der Waals surface area contributed by atoms with Crippen LogP contribution in [0.1, 0.15) is 50.5 Å². The summed E-state index contributed by atoms with van der Waals surface area (Å²) in [5, 5.41) is 3.14. The van der Waals surface area contributed by atoms with Crippen LogP contribution in [0.5, 0.6) is 0 Å². The van der Waals surface area contributed by atoms with Crippen molar-refractivity contribution in [3.05, 3.63) is 30.1 Å². The van der Waals surface area contributed by atoms with Crippen LogP contribution in [0.3, 0.4) is 0 Å². The summed E-state index contributed by atoms with van der Waals surface area (Å²) in [5.74, 6) is 0.133. The standard InChI is InChI=1S/C17H24N2O2/c20-16(5-4-14-6-10-18-11-7-14)19-15-12-17(21-13-15)8-2-1-3-9-17/h6-7,10-11,15H,1-5,8-9,12-13H2,(H,19,20). The van der Waals surface area contributed by atoms with Crippen LogP contribution in [-0.4, -0.2) is 29.1 Å². The normalized spacial score (nSPS) is 24.1. The number of hydrogen-bond donors (Lipinski definition) is 1. The maximum atomic E-state index is 12.1. The van der Waals surface area contributed by atoms with Crippen molar-refractivity contribution in [3.8, 4) is 0 Å². The van der Waals surface area contributed by atoms with Crippen LogP contribution in [0.4, 0.5) is 0 Å². The van der Waals surface area contributed by atoms with E-state index in [0.29, 0.717) is 13.0 Å². The molecule has 1 aromatic rings. The van der Waals surface area contributed by atoms with Gasteiger partial charge in [-0.1, -0.05) is 19.3 Å². The molecule has 2 fully saturated rings. The fraction of sp³-hybridized carbons (Fsp3) is 0.647. The summed E-state index contributed by atoms with van der Waals surface area (Å²) in [4.78, 5) is 16.0. The van der Waals surface area contributed by atoms with E-state index in [1.807, 2.05) is 12.1 Å². The van der Waals surface area contributed by atoms with Crippen LogP contribution in [0.2, 0.25) is 0 Å². The summed E-state index contributed by atoms with van der Waals surface area (Å²) in [7, 11) is 0. The Labute approximate surface area is 126 Å². The van der Waals surface area contributed by atoms with Crippen molar-refractivity contribution >= 4 is 5.91 Å². The monoisotopic (exact) mass is 288 g/mol. The average molecular weight is 288 g/mol. The molecule has 21 heavy (non-hydrogen) atoms. The fourth-order valence-electron chi connectivity index (χ4n) is 3.59. The maximum absolute atomic E-state index is 12.1. The van der Waals surface area contributed by atoms with Crippen LogP contribution >= 0.6 is 0 Å². The molecule has 1 saturated heterocycles. The first-order valence-corrected chi connectivity index (χ1v) is 8.08. The Morgan fingerprint density at radius 2 is 2.05 bits per heavy atom. The third-order valence-electron chi connectivity index (χ3n) is 4.73. The fourth-order valence-corrected chi connectivity index (χ4v) is 3.59. The van der Waals surface area contributed by atoms with E-state index in [1.165, 1.54) is 19.3 Å². The summed E-state index contributed by atoms with van der Waals surface area (Å²) >= 11 is 0. The van der Waals surface area contributed by atoms with Crippen LogP contribution in [-0.2, 0) is 16.0 Å². The number of carbonyl (C=O) groups excluding carboxylic acids is 1. The molecule has 4 nitrogen and oxygen atoms in total. The van der Waals surface area contributed by atoms with Crippen molar-refractivity contribution < 1.29 is 9.53 Å². The second-order valence-corrected chi connectivity index (χ2v) is 6.38. The number of amides is 1. The molecule has 0 aromatic carbocycles. The predicted molar refractivity (Wildman–Crippen MR) is 80.9 cm³/mol. The number of nitrogens with zero attached hydrogens (tertiary/aromatic N) is 1. The number of nitrogens with one attached hydrogen (secondary N) is 1. The van der Waals surface area contributed by atoms with Crippen molar-refractivity contribution in [2.24, 2.45) is 0 Å². The van der Waals surface area contributed by atoms with E-state index in [4.69, 9.17) is 4.74 Å². The molecule has 1 saturated carbocycles. The largest absolute Gasteiger partial charge is 0.373 e. The lowest BCUT2D eigenvalue weighted by Crippen LogP contribution is -2.37. The van der Waals surface area contributed by atoms with Gasteiger partial charge in [-0.2, -0.15) is 0 Å². The van der Waals surface area contributed by atoms with E-state index >= 15 is 0 Å². The van der Waals surface area contributed by atoms with Crippen molar-refractivity contribution in [2.45, 2.75) is 63.0 Å². The SMILES string of the molecule is O=C(CCc1ccncc1)NC1COC2(CCCCC2)C1. The van der Waals surface area contributed by atoms with Gasteiger partial charge in [0.15, 0.2) is 0 Å². The van der Waals surface area contributed by atoms with E-state index in [1.54, 1.807) is 12.4 Å². The summed E-state index contributed by atoms with van der Waals surface area (Å²) in [6.07, 6.45) is 12.0. The summed E-state index contributed by atoms with van der Waals surface area (Å²) in [6.45, 7) is 0.682. The van der Waals surface area contributed by atoms with Crippen LogP contribution in [0.15, 0.2) is 24.5 Å². The van der Waals surface area contributed by atoms with Gasteiger partial charge in [0.25, 0.3) is 0 Å². The molecule has 114 valence electrons. The summed E-state index contributed by atoms with van der Waals surface area (Å²) in [6, 6.07) is 4.12. The third kappa shape index (κ3) is 3.82. The molecule has 1 aliphatic carbocycles. The van der Waals surface area contributed by atoms with Crippen LogP contribution in [0.25, 0.3) is 0 Å². The minimum Gasteiger partial charge on any atom is -0.373 e. The molecular formula is C17H24N2O2. The first kappa shape index (κ1) is 14.5. The number of aryl methyl sites for hydroxylation is 1. The highest BCUT2D eigenvalue weighted by molar-refractivity contribution is 5.76. The number of rotatable bonds is 4. The first-order valence-electron chi connectivity index (χ1n) is 8.08. The quantitative estimate of drug-likeness (QED) is 0.926. The first-order chi connectivity index (χ1) is 10.3. The second-order valence-electron chi connectivity index (χ2n) is 6.38. The second kappa shape index (κ2) is 6.56. The molecule has 1 amide bonds. The van der Waals surface area contributed by atoms with E-state index < -0.39 is 0 Å². The van der Waals surface area contributed by atoms with Crippen LogP contribution < -0.4 is 5.32 Å². The molecule has 3 rings (SSSR count).